The van der Waals surface area contributed by atoms with Crippen LogP contribution in [0.5, 0.6) is 0 Å². The van der Waals surface area contributed by atoms with Gasteiger partial charge in [-0.05, 0) is 17.7 Å². The van der Waals surface area contributed by atoms with Crippen molar-refractivity contribution in [1.29, 1.82) is 0 Å². The van der Waals surface area contributed by atoms with E-state index in [1.165, 1.54) is 0 Å². The first-order valence-electron chi connectivity index (χ1n) is 4.11. The fraction of sp³-hybridized carbons (Fsp3) is 0.100. The van der Waals surface area contributed by atoms with Crippen LogP contribution in [0, 0.1) is 0 Å². The van der Waals surface area contributed by atoms with Crippen molar-refractivity contribution >= 4 is 40.8 Å². The van der Waals surface area contributed by atoms with Gasteiger partial charge in [0.15, 0.2) is 6.10 Å². The summed E-state index contributed by atoms with van der Waals surface area (Å²) in [6, 6.07) is 6.86. The third kappa shape index (κ3) is 1.98. The third-order valence-corrected chi connectivity index (χ3v) is 3.11. The van der Waals surface area contributed by atoms with E-state index in [0.717, 1.165) is 5.56 Å². The first-order valence-corrected chi connectivity index (χ1v) is 5.24. The van der Waals surface area contributed by atoms with E-state index in [1.54, 1.807) is 24.3 Å². The van der Waals surface area contributed by atoms with Gasteiger partial charge in [-0.2, -0.15) is 0 Å². The maximum absolute atomic E-state index is 11.1. The van der Waals surface area contributed by atoms with Gasteiger partial charge in [-0.25, -0.2) is 4.79 Å². The van der Waals surface area contributed by atoms with Crippen LogP contribution in [0.25, 0.3) is 0 Å². The summed E-state index contributed by atoms with van der Waals surface area (Å²) in [4.78, 5) is 11.1. The molecular formula is C10H5Cl3O2. The molecule has 1 aliphatic rings. The summed E-state index contributed by atoms with van der Waals surface area (Å²) in [5.74, 6) is -0.596. The lowest BCUT2D eigenvalue weighted by atomic mass is 10.1. The molecule has 0 saturated heterocycles. The molecular weight excluding hydrogens is 258 g/mol. The standard InChI is InChI=1S/C10H5Cl3O2/c11-6-3-1-5(2-4-6)9-7(12)8(13)10(14)15-9/h1-4,9H. The first-order chi connectivity index (χ1) is 7.09. The molecule has 0 aromatic heterocycles. The summed E-state index contributed by atoms with van der Waals surface area (Å²) in [6.45, 7) is 0. The van der Waals surface area contributed by atoms with Crippen LogP contribution >= 0.6 is 34.8 Å². The second-order valence-electron chi connectivity index (χ2n) is 3.00. The number of carbonyl (C=O) groups is 1. The second-order valence-corrected chi connectivity index (χ2v) is 4.22. The summed E-state index contributed by atoms with van der Waals surface area (Å²) in [7, 11) is 0. The molecule has 0 aliphatic carbocycles. The molecule has 78 valence electrons. The zero-order valence-electron chi connectivity index (χ0n) is 7.34. The fourth-order valence-corrected chi connectivity index (χ4v) is 1.79. The molecule has 1 atom stereocenters. The molecule has 0 bridgehead atoms. The van der Waals surface area contributed by atoms with Gasteiger partial charge in [-0.15, -0.1) is 0 Å². The van der Waals surface area contributed by atoms with Crippen molar-refractivity contribution in [2.75, 3.05) is 0 Å². The van der Waals surface area contributed by atoms with Gasteiger partial charge in [0.2, 0.25) is 0 Å². The SMILES string of the molecule is O=C1OC(c2ccc(Cl)cc2)C(Cl)=C1Cl. The van der Waals surface area contributed by atoms with Crippen LogP contribution in [-0.2, 0) is 9.53 Å². The lowest BCUT2D eigenvalue weighted by molar-refractivity contribution is -0.139. The molecule has 2 nitrogen and oxygen atoms in total. The maximum atomic E-state index is 11.1. The van der Waals surface area contributed by atoms with Crippen LogP contribution in [-0.4, -0.2) is 5.97 Å². The number of carbonyl (C=O) groups excluding carboxylic acids is 1. The molecule has 1 aliphatic heterocycles. The summed E-state index contributed by atoms with van der Waals surface area (Å²) >= 11 is 17.2. The zero-order chi connectivity index (χ0) is 11.0. The van der Waals surface area contributed by atoms with Gasteiger partial charge < -0.3 is 4.74 Å². The fourth-order valence-electron chi connectivity index (χ4n) is 1.28. The van der Waals surface area contributed by atoms with E-state index in [0.29, 0.717) is 5.02 Å². The highest BCUT2D eigenvalue weighted by molar-refractivity contribution is 6.48. The van der Waals surface area contributed by atoms with Gasteiger partial charge in [0.1, 0.15) is 5.03 Å². The van der Waals surface area contributed by atoms with Crippen LogP contribution in [0.15, 0.2) is 34.3 Å². The molecule has 1 aromatic carbocycles. The highest BCUT2D eigenvalue weighted by Gasteiger charge is 2.33. The van der Waals surface area contributed by atoms with E-state index in [4.69, 9.17) is 39.5 Å². The van der Waals surface area contributed by atoms with Crippen LogP contribution in [0.1, 0.15) is 11.7 Å². The number of rotatable bonds is 1. The minimum absolute atomic E-state index is 0.0587. The molecule has 0 saturated carbocycles. The minimum atomic E-state index is -0.607. The summed E-state index contributed by atoms with van der Waals surface area (Å²) in [5.41, 5.74) is 0.744. The number of cyclic esters (lactones) is 1. The minimum Gasteiger partial charge on any atom is -0.447 e. The molecule has 0 fully saturated rings. The van der Waals surface area contributed by atoms with E-state index in [9.17, 15) is 4.79 Å². The predicted octanol–water partition coefficient (Wildman–Crippen LogP) is 3.63. The average molecular weight is 264 g/mol. The molecule has 5 heteroatoms. The monoisotopic (exact) mass is 262 g/mol. The number of hydrogen-bond acceptors (Lipinski definition) is 2. The molecule has 0 radical (unpaired) electrons. The molecule has 1 unspecified atom stereocenters. The van der Waals surface area contributed by atoms with Crippen molar-refractivity contribution in [3.63, 3.8) is 0 Å². The lowest BCUT2D eigenvalue weighted by Gasteiger charge is -2.10. The van der Waals surface area contributed by atoms with Crippen molar-refractivity contribution in [2.24, 2.45) is 0 Å². The number of hydrogen-bond donors (Lipinski definition) is 0. The Labute approximate surface area is 101 Å². The Morgan fingerprint density at radius 3 is 2.13 bits per heavy atom. The molecule has 2 rings (SSSR count). The first kappa shape index (κ1) is 10.8. The summed E-state index contributed by atoms with van der Waals surface area (Å²) in [6.07, 6.45) is -0.607. The molecule has 1 aromatic rings. The number of ether oxygens (including phenoxy) is 1. The average Bonchev–Trinajstić information content (AvgIpc) is 2.47. The molecule has 0 N–H and O–H groups in total. The van der Waals surface area contributed by atoms with E-state index in [-0.39, 0.29) is 10.1 Å². The normalized spacial score (nSPS) is 20.7. The van der Waals surface area contributed by atoms with Crippen molar-refractivity contribution in [3.8, 4) is 0 Å². The van der Waals surface area contributed by atoms with Gasteiger partial charge in [0.25, 0.3) is 0 Å². The number of halogens is 3. The number of esters is 1. The van der Waals surface area contributed by atoms with Gasteiger partial charge in [-0.1, -0.05) is 46.9 Å². The van der Waals surface area contributed by atoms with Crippen LogP contribution in [0.4, 0.5) is 0 Å². The van der Waals surface area contributed by atoms with Crippen LogP contribution < -0.4 is 0 Å². The highest BCUT2D eigenvalue weighted by atomic mass is 35.5. The van der Waals surface area contributed by atoms with Crippen LogP contribution in [0.3, 0.4) is 0 Å². The van der Waals surface area contributed by atoms with Crippen molar-refractivity contribution < 1.29 is 9.53 Å². The van der Waals surface area contributed by atoms with Gasteiger partial charge in [0, 0.05) is 5.02 Å². The smallest absolute Gasteiger partial charge is 0.352 e. The van der Waals surface area contributed by atoms with E-state index < -0.39 is 12.1 Å². The predicted molar refractivity (Wildman–Crippen MR) is 59.0 cm³/mol. The zero-order valence-corrected chi connectivity index (χ0v) is 9.60. The van der Waals surface area contributed by atoms with Gasteiger partial charge >= 0.3 is 5.97 Å². The summed E-state index contributed by atoms with van der Waals surface area (Å²) in [5, 5.41) is 0.759. The van der Waals surface area contributed by atoms with E-state index in [1.807, 2.05) is 0 Å². The maximum Gasteiger partial charge on any atom is 0.352 e. The topological polar surface area (TPSA) is 26.3 Å². The Kier molecular flexibility index (Phi) is 2.91. The Morgan fingerprint density at radius 2 is 1.67 bits per heavy atom. The quantitative estimate of drug-likeness (QED) is 0.723. The van der Waals surface area contributed by atoms with Crippen molar-refractivity contribution in [3.05, 3.63) is 44.9 Å². The summed E-state index contributed by atoms with van der Waals surface area (Å²) < 4.78 is 4.99. The Morgan fingerprint density at radius 1 is 1.07 bits per heavy atom. The third-order valence-electron chi connectivity index (χ3n) is 2.02. The Balaban J connectivity index is 2.35. The van der Waals surface area contributed by atoms with Gasteiger partial charge in [-0.3, -0.25) is 0 Å². The number of benzene rings is 1. The van der Waals surface area contributed by atoms with E-state index in [2.05, 4.69) is 0 Å². The van der Waals surface area contributed by atoms with Crippen molar-refractivity contribution in [2.45, 2.75) is 6.10 Å². The molecule has 1 heterocycles. The van der Waals surface area contributed by atoms with Gasteiger partial charge in [0.05, 0.1) is 5.03 Å². The Bertz CT molecular complexity index is 436. The largest absolute Gasteiger partial charge is 0.447 e. The van der Waals surface area contributed by atoms with E-state index >= 15 is 0 Å². The Hall–Kier alpha value is -0.700. The molecule has 0 spiro atoms. The van der Waals surface area contributed by atoms with Crippen molar-refractivity contribution in [1.82, 2.24) is 0 Å². The molecule has 0 amide bonds. The van der Waals surface area contributed by atoms with Crippen LogP contribution in [0.2, 0.25) is 5.02 Å². The second kappa shape index (κ2) is 4.05. The highest BCUT2D eigenvalue weighted by Crippen LogP contribution is 2.39. The lowest BCUT2D eigenvalue weighted by Crippen LogP contribution is -2.01. The molecule has 15 heavy (non-hydrogen) atoms.